The van der Waals surface area contributed by atoms with Crippen LogP contribution in [0.1, 0.15) is 31.2 Å². The number of H-pyrrole nitrogens is 1. The summed E-state index contributed by atoms with van der Waals surface area (Å²) in [4.78, 5) is 7.40. The van der Waals surface area contributed by atoms with Crippen molar-refractivity contribution in [2.24, 2.45) is 17.8 Å². The first-order chi connectivity index (χ1) is 13.3. The van der Waals surface area contributed by atoms with E-state index in [0.717, 1.165) is 47.9 Å². The molecule has 28 heavy (non-hydrogen) atoms. The first-order valence-electron chi connectivity index (χ1n) is 9.79. The normalized spacial score (nSPS) is 22.1. The lowest BCUT2D eigenvalue weighted by atomic mass is 9.70. The summed E-state index contributed by atoms with van der Waals surface area (Å²) in [6.45, 7) is 6.40. The Bertz CT molecular complexity index is 978. The number of sulfonamides is 1. The van der Waals surface area contributed by atoms with Crippen molar-refractivity contribution in [3.8, 4) is 5.75 Å². The lowest BCUT2D eigenvalue weighted by molar-refractivity contribution is 0.273. The zero-order valence-electron chi connectivity index (χ0n) is 16.0. The van der Waals surface area contributed by atoms with Crippen LogP contribution in [0.15, 0.2) is 25.0 Å². The molecule has 150 valence electrons. The smallest absolute Gasteiger partial charge is 0.519 e. The minimum absolute atomic E-state index is 0.142. The highest BCUT2D eigenvalue weighted by atomic mass is 32.2. The third-order valence-electron chi connectivity index (χ3n) is 5.64. The van der Waals surface area contributed by atoms with Gasteiger partial charge in [-0.15, -0.1) is 0 Å². The molecule has 2 aromatic rings. The monoisotopic (exact) mass is 403 g/mol. The van der Waals surface area contributed by atoms with Crippen LogP contribution < -0.4 is 9.38 Å². The van der Waals surface area contributed by atoms with Gasteiger partial charge in [-0.3, -0.25) is 0 Å². The van der Waals surface area contributed by atoms with Gasteiger partial charge in [0, 0.05) is 23.7 Å². The van der Waals surface area contributed by atoms with Gasteiger partial charge in [0.05, 0.1) is 11.9 Å². The molecule has 2 fully saturated rings. The molecule has 0 aliphatic heterocycles. The second-order valence-corrected chi connectivity index (χ2v) is 9.94. The van der Waals surface area contributed by atoms with Crippen LogP contribution in [-0.2, 0) is 10.0 Å². The number of aromatic amines is 1. The summed E-state index contributed by atoms with van der Waals surface area (Å²) in [5, 5.41) is 10.5. The predicted octanol–water partition coefficient (Wildman–Crippen LogP) is 2.42. The van der Waals surface area contributed by atoms with Crippen LogP contribution in [0.25, 0.3) is 16.6 Å². The average Bonchev–Trinajstić information content (AvgIpc) is 3.31. The Balaban J connectivity index is 1.43. The Morgan fingerprint density at radius 2 is 2.18 bits per heavy atom. The van der Waals surface area contributed by atoms with Crippen LogP contribution in [0.5, 0.6) is 5.75 Å². The molecule has 0 radical (unpaired) electrons. The molecule has 0 amide bonds. The molecule has 3 N–H and O–H groups in total. The third-order valence-corrected chi connectivity index (χ3v) is 7.16. The number of hydrogen-bond acceptors (Lipinski definition) is 5. The van der Waals surface area contributed by atoms with E-state index in [0.29, 0.717) is 18.2 Å². The molecule has 2 aliphatic carbocycles. The fourth-order valence-corrected chi connectivity index (χ4v) is 5.39. The summed E-state index contributed by atoms with van der Waals surface area (Å²) >= 11 is 0. The van der Waals surface area contributed by atoms with Crippen molar-refractivity contribution < 1.29 is 18.1 Å². The molecule has 0 saturated heterocycles. The average molecular weight is 403 g/mol. The highest BCUT2D eigenvalue weighted by Gasteiger charge is 2.36. The first-order valence-corrected chi connectivity index (χ1v) is 11.4. The number of fused-ring (bicyclic) bond motifs is 1. The largest absolute Gasteiger partial charge is 0.535 e. The van der Waals surface area contributed by atoms with Gasteiger partial charge in [-0.1, -0.05) is 6.58 Å². The van der Waals surface area contributed by atoms with Crippen LogP contribution in [-0.4, -0.2) is 42.8 Å². The van der Waals surface area contributed by atoms with Crippen molar-refractivity contribution in [1.29, 1.82) is 0 Å². The maximum atomic E-state index is 12.2. The van der Waals surface area contributed by atoms with Crippen LogP contribution >= 0.6 is 0 Å². The summed E-state index contributed by atoms with van der Waals surface area (Å²) in [6, 6.07) is 1.92. The molecule has 0 bridgehead atoms. The number of allylic oxidation sites excluding steroid dienone is 1. The minimum atomic E-state index is -3.21. The Labute approximate surface area is 165 Å². The van der Waals surface area contributed by atoms with E-state index in [2.05, 4.69) is 21.3 Å². The van der Waals surface area contributed by atoms with E-state index in [1.807, 2.05) is 12.3 Å². The van der Waals surface area contributed by atoms with E-state index in [1.165, 1.54) is 0 Å². The van der Waals surface area contributed by atoms with Crippen molar-refractivity contribution in [1.82, 2.24) is 14.7 Å². The quantitative estimate of drug-likeness (QED) is 0.558. The molecule has 7 nitrogen and oxygen atoms in total. The van der Waals surface area contributed by atoms with Crippen molar-refractivity contribution >= 4 is 33.7 Å². The molecular formula is C19H26BN3O4S. The van der Waals surface area contributed by atoms with Crippen molar-refractivity contribution in [3.05, 3.63) is 30.6 Å². The highest BCUT2D eigenvalue weighted by molar-refractivity contribution is 7.89. The van der Waals surface area contributed by atoms with Gasteiger partial charge in [0.25, 0.3) is 0 Å². The molecule has 0 unspecified atom stereocenters. The lowest BCUT2D eigenvalue weighted by Gasteiger charge is -2.37. The molecule has 0 atom stereocenters. The summed E-state index contributed by atoms with van der Waals surface area (Å²) in [7, 11) is -4.17. The Morgan fingerprint density at radius 3 is 2.86 bits per heavy atom. The summed E-state index contributed by atoms with van der Waals surface area (Å²) in [5.41, 5.74) is 2.48. The van der Waals surface area contributed by atoms with E-state index < -0.39 is 17.1 Å². The van der Waals surface area contributed by atoms with Crippen LogP contribution in [0, 0.1) is 17.8 Å². The fourth-order valence-electron chi connectivity index (χ4n) is 3.89. The zero-order chi connectivity index (χ0) is 19.9. The fraction of sp³-hybridized carbons (Fsp3) is 0.526. The van der Waals surface area contributed by atoms with E-state index in [1.54, 1.807) is 13.0 Å². The van der Waals surface area contributed by atoms with Gasteiger partial charge in [0.15, 0.2) is 0 Å². The van der Waals surface area contributed by atoms with Gasteiger partial charge >= 0.3 is 7.12 Å². The minimum Gasteiger partial charge on any atom is -0.535 e. The van der Waals surface area contributed by atoms with Gasteiger partial charge in [-0.2, -0.15) is 0 Å². The maximum Gasteiger partial charge on any atom is 0.519 e. The van der Waals surface area contributed by atoms with Gasteiger partial charge < -0.3 is 14.7 Å². The SMILES string of the molecule is C=C(c1c(OB(C)O)cnc2[nH]ccc12)C1CC(CS(=O)(=O)NCC2CC2)C1. The first kappa shape index (κ1) is 19.5. The third kappa shape index (κ3) is 4.26. The molecule has 2 aromatic heterocycles. The van der Waals surface area contributed by atoms with Gasteiger partial charge in [-0.25, -0.2) is 18.1 Å². The molecule has 4 rings (SSSR count). The Kier molecular flexibility index (Phi) is 5.24. The zero-order valence-corrected chi connectivity index (χ0v) is 16.8. The standard InChI is InChI=1S/C19H26BN3O4S/c1-12(15-7-14(8-15)11-28(25,26)23-9-13-3-4-13)18-16-5-6-21-19(16)22-10-17(18)27-20(2)24/h5-6,10,13-15,23-24H,1,3-4,7-9,11H2,2H3,(H,21,22). The number of aromatic nitrogens is 2. The van der Waals surface area contributed by atoms with Crippen molar-refractivity contribution in [2.75, 3.05) is 12.3 Å². The van der Waals surface area contributed by atoms with E-state index >= 15 is 0 Å². The van der Waals surface area contributed by atoms with Crippen LogP contribution in [0.2, 0.25) is 6.82 Å². The second kappa shape index (κ2) is 7.53. The lowest BCUT2D eigenvalue weighted by Crippen LogP contribution is -2.36. The van der Waals surface area contributed by atoms with Gasteiger partial charge in [0.1, 0.15) is 11.4 Å². The molecule has 0 aromatic carbocycles. The summed E-state index contributed by atoms with van der Waals surface area (Å²) < 4.78 is 32.7. The molecular weight excluding hydrogens is 377 g/mol. The van der Waals surface area contributed by atoms with E-state index in [9.17, 15) is 13.4 Å². The number of rotatable bonds is 9. The van der Waals surface area contributed by atoms with Crippen LogP contribution in [0.3, 0.4) is 0 Å². The molecule has 2 saturated carbocycles. The van der Waals surface area contributed by atoms with E-state index in [-0.39, 0.29) is 17.6 Å². The molecule has 0 spiro atoms. The number of nitrogens with zero attached hydrogens (tertiary/aromatic N) is 1. The van der Waals surface area contributed by atoms with Crippen molar-refractivity contribution in [3.63, 3.8) is 0 Å². The van der Waals surface area contributed by atoms with Gasteiger partial charge in [0.2, 0.25) is 10.0 Å². The second-order valence-electron chi connectivity index (χ2n) is 8.09. The highest BCUT2D eigenvalue weighted by Crippen LogP contribution is 2.46. The molecule has 2 aliphatic rings. The summed E-state index contributed by atoms with van der Waals surface area (Å²) in [6.07, 6.45) is 7.22. The Morgan fingerprint density at radius 1 is 1.43 bits per heavy atom. The number of pyridine rings is 1. The van der Waals surface area contributed by atoms with E-state index in [4.69, 9.17) is 4.65 Å². The molecule has 9 heteroatoms. The number of nitrogens with one attached hydrogen (secondary N) is 2. The Hall–Kier alpha value is -1.84. The molecule has 2 heterocycles. The van der Waals surface area contributed by atoms with Crippen LogP contribution in [0.4, 0.5) is 0 Å². The van der Waals surface area contributed by atoms with Gasteiger partial charge in [-0.05, 0) is 61.9 Å². The summed E-state index contributed by atoms with van der Waals surface area (Å²) in [5.74, 6) is 1.54. The maximum absolute atomic E-state index is 12.2. The topological polar surface area (TPSA) is 104 Å². The van der Waals surface area contributed by atoms with Crippen molar-refractivity contribution in [2.45, 2.75) is 32.5 Å². The number of hydrogen-bond donors (Lipinski definition) is 3. The predicted molar refractivity (Wildman–Crippen MR) is 110 cm³/mol.